The van der Waals surface area contributed by atoms with Crippen LogP contribution in [-0.4, -0.2) is 61.2 Å². The van der Waals surface area contributed by atoms with Gasteiger partial charge in [0.15, 0.2) is 0 Å². The Labute approximate surface area is 216 Å². The lowest BCUT2D eigenvalue weighted by Gasteiger charge is -2.36. The largest absolute Gasteiger partial charge is 0.449 e. The number of amides is 2. The second kappa shape index (κ2) is 12.4. The van der Waals surface area contributed by atoms with E-state index in [-0.39, 0.29) is 18.6 Å². The molecule has 1 aliphatic rings. The number of aryl methyl sites for hydroxylation is 2. The number of carbonyl (C=O) groups excluding carboxylic acids is 2. The first kappa shape index (κ1) is 25.6. The van der Waals surface area contributed by atoms with Crippen LogP contribution in [0.3, 0.4) is 0 Å². The monoisotopic (exact) mass is 504 g/mol. The molecular formula is C28H32N4O3S. The average molecular weight is 505 g/mol. The van der Waals surface area contributed by atoms with E-state index >= 15 is 0 Å². The minimum Gasteiger partial charge on any atom is -0.449 e. The summed E-state index contributed by atoms with van der Waals surface area (Å²) >= 11 is 1.79. The molecule has 4 rings (SSSR count). The fourth-order valence-corrected chi connectivity index (χ4v) is 5.13. The van der Waals surface area contributed by atoms with Gasteiger partial charge in [-0.25, -0.2) is 4.79 Å². The van der Waals surface area contributed by atoms with Crippen molar-refractivity contribution in [3.63, 3.8) is 0 Å². The molecule has 0 saturated carbocycles. The van der Waals surface area contributed by atoms with Gasteiger partial charge in [-0.3, -0.25) is 9.78 Å². The van der Waals surface area contributed by atoms with Crippen molar-refractivity contribution in [3.05, 3.63) is 83.7 Å². The van der Waals surface area contributed by atoms with E-state index in [1.54, 1.807) is 35.0 Å². The molecule has 1 saturated heterocycles. The summed E-state index contributed by atoms with van der Waals surface area (Å²) in [5, 5.41) is 2.81. The lowest BCUT2D eigenvalue weighted by Crippen LogP contribution is -2.49. The Morgan fingerprint density at radius 3 is 2.56 bits per heavy atom. The quantitative estimate of drug-likeness (QED) is 0.439. The number of aromatic nitrogens is 1. The maximum atomic E-state index is 12.5. The van der Waals surface area contributed by atoms with Crippen LogP contribution in [0.5, 0.6) is 0 Å². The van der Waals surface area contributed by atoms with Crippen molar-refractivity contribution < 1.29 is 14.3 Å². The van der Waals surface area contributed by atoms with Crippen LogP contribution in [-0.2, 0) is 4.74 Å². The number of piperazine rings is 1. The molecule has 188 valence electrons. The van der Waals surface area contributed by atoms with Crippen LogP contribution in [0.2, 0.25) is 0 Å². The minimum absolute atomic E-state index is 0.179. The standard InChI is InChI=1S/C28H32N4O3S/c1-21-10-11-25(22(2)19-21)36-26-9-4-3-8-24(26)31-14-16-32(17-15-31)28(34)35-18-6-13-30-27(33)23-7-5-12-29-20-23/h3-5,7-12,19-20H,6,13-18H2,1-2H3,(H,30,33). The Morgan fingerprint density at radius 1 is 1.00 bits per heavy atom. The zero-order chi connectivity index (χ0) is 25.3. The molecule has 0 atom stereocenters. The van der Waals surface area contributed by atoms with Gasteiger partial charge in [0.2, 0.25) is 0 Å². The molecule has 3 aromatic rings. The summed E-state index contributed by atoms with van der Waals surface area (Å²) in [4.78, 5) is 35.0. The first-order valence-electron chi connectivity index (χ1n) is 12.2. The summed E-state index contributed by atoms with van der Waals surface area (Å²) < 4.78 is 5.44. The Balaban J connectivity index is 1.22. The third-order valence-electron chi connectivity index (χ3n) is 6.05. The molecule has 36 heavy (non-hydrogen) atoms. The zero-order valence-electron chi connectivity index (χ0n) is 20.8. The molecule has 1 N–H and O–H groups in total. The van der Waals surface area contributed by atoms with Crippen LogP contribution in [0.15, 0.2) is 76.8 Å². The lowest BCUT2D eigenvalue weighted by molar-refractivity contribution is 0.0929. The van der Waals surface area contributed by atoms with Crippen LogP contribution < -0.4 is 10.2 Å². The molecule has 0 bridgehead atoms. The molecule has 1 aromatic heterocycles. The van der Waals surface area contributed by atoms with Gasteiger partial charge in [-0.2, -0.15) is 0 Å². The molecule has 0 radical (unpaired) electrons. The van der Waals surface area contributed by atoms with Crippen molar-refractivity contribution >= 4 is 29.4 Å². The second-order valence-corrected chi connectivity index (χ2v) is 9.86. The summed E-state index contributed by atoms with van der Waals surface area (Å²) in [5.74, 6) is -0.179. The number of pyridine rings is 1. The first-order valence-corrected chi connectivity index (χ1v) is 13.0. The normalized spacial score (nSPS) is 13.4. The molecule has 2 aromatic carbocycles. The summed E-state index contributed by atoms with van der Waals surface area (Å²) in [5.41, 5.74) is 4.25. The molecule has 0 unspecified atom stereocenters. The number of para-hydroxylation sites is 1. The minimum atomic E-state index is -0.300. The molecule has 7 nitrogen and oxygen atoms in total. The van der Waals surface area contributed by atoms with Gasteiger partial charge >= 0.3 is 6.09 Å². The van der Waals surface area contributed by atoms with Gasteiger partial charge < -0.3 is 19.9 Å². The van der Waals surface area contributed by atoms with Crippen molar-refractivity contribution in [3.8, 4) is 0 Å². The van der Waals surface area contributed by atoms with Crippen LogP contribution in [0, 0.1) is 13.8 Å². The van der Waals surface area contributed by atoms with Gasteiger partial charge in [-0.05, 0) is 56.2 Å². The van der Waals surface area contributed by atoms with Gasteiger partial charge in [0.1, 0.15) is 0 Å². The summed E-state index contributed by atoms with van der Waals surface area (Å²) in [6.07, 6.45) is 3.40. The van der Waals surface area contributed by atoms with Crippen molar-refractivity contribution in [2.24, 2.45) is 0 Å². The average Bonchev–Trinajstić information content (AvgIpc) is 2.91. The van der Waals surface area contributed by atoms with Gasteiger partial charge in [0, 0.05) is 54.9 Å². The van der Waals surface area contributed by atoms with Crippen molar-refractivity contribution in [1.82, 2.24) is 15.2 Å². The molecule has 1 aliphatic heterocycles. The first-order chi connectivity index (χ1) is 17.5. The van der Waals surface area contributed by atoms with E-state index in [0.29, 0.717) is 31.6 Å². The SMILES string of the molecule is Cc1ccc(Sc2ccccc2N2CCN(C(=O)OCCCNC(=O)c3cccnc3)CC2)c(C)c1. The molecule has 2 heterocycles. The number of hydrogen-bond acceptors (Lipinski definition) is 6. The highest BCUT2D eigenvalue weighted by molar-refractivity contribution is 7.99. The van der Waals surface area contributed by atoms with Gasteiger partial charge in [0.25, 0.3) is 5.91 Å². The predicted octanol–water partition coefficient (Wildman–Crippen LogP) is 4.93. The van der Waals surface area contributed by atoms with E-state index in [4.69, 9.17) is 4.74 Å². The predicted molar refractivity (Wildman–Crippen MR) is 143 cm³/mol. The van der Waals surface area contributed by atoms with Gasteiger partial charge in [-0.15, -0.1) is 0 Å². The van der Waals surface area contributed by atoms with E-state index in [1.807, 2.05) is 0 Å². The van der Waals surface area contributed by atoms with Crippen molar-refractivity contribution in [2.45, 2.75) is 30.1 Å². The maximum absolute atomic E-state index is 12.5. The number of benzene rings is 2. The molecule has 2 amide bonds. The molecule has 8 heteroatoms. The van der Waals surface area contributed by atoms with E-state index in [0.717, 1.165) is 13.1 Å². The Hall–Kier alpha value is -3.52. The second-order valence-electron chi connectivity index (χ2n) is 8.78. The molecular weight excluding hydrogens is 472 g/mol. The summed E-state index contributed by atoms with van der Waals surface area (Å²) in [6.45, 7) is 7.68. The lowest BCUT2D eigenvalue weighted by atomic mass is 10.2. The van der Waals surface area contributed by atoms with Crippen molar-refractivity contribution in [2.75, 3.05) is 44.2 Å². The number of nitrogens with zero attached hydrogens (tertiary/aromatic N) is 3. The third kappa shape index (κ3) is 6.79. The van der Waals surface area contributed by atoms with E-state index in [1.165, 1.54) is 32.8 Å². The summed E-state index contributed by atoms with van der Waals surface area (Å²) in [6, 6.07) is 18.4. The molecule has 0 spiro atoms. The number of anilines is 1. The van der Waals surface area contributed by atoms with Crippen molar-refractivity contribution in [1.29, 1.82) is 0 Å². The maximum Gasteiger partial charge on any atom is 0.409 e. The fraction of sp³-hybridized carbons (Fsp3) is 0.321. The van der Waals surface area contributed by atoms with E-state index < -0.39 is 0 Å². The Bertz CT molecular complexity index is 1180. The number of carbonyl (C=O) groups is 2. The Morgan fingerprint density at radius 2 is 1.81 bits per heavy atom. The highest BCUT2D eigenvalue weighted by Gasteiger charge is 2.23. The number of nitrogens with one attached hydrogen (secondary N) is 1. The fourth-order valence-electron chi connectivity index (χ4n) is 4.09. The number of ether oxygens (including phenoxy) is 1. The topological polar surface area (TPSA) is 74.8 Å². The highest BCUT2D eigenvalue weighted by Crippen LogP contribution is 2.37. The summed E-state index contributed by atoms with van der Waals surface area (Å²) in [7, 11) is 0. The molecule has 1 fully saturated rings. The van der Waals surface area contributed by atoms with Crippen LogP contribution in [0.4, 0.5) is 10.5 Å². The van der Waals surface area contributed by atoms with E-state index in [2.05, 4.69) is 71.5 Å². The van der Waals surface area contributed by atoms with E-state index in [9.17, 15) is 9.59 Å². The number of hydrogen-bond donors (Lipinski definition) is 1. The smallest absolute Gasteiger partial charge is 0.409 e. The Kier molecular flexibility index (Phi) is 8.84. The van der Waals surface area contributed by atoms with Gasteiger partial charge in [0.05, 0.1) is 17.9 Å². The van der Waals surface area contributed by atoms with Crippen LogP contribution in [0.1, 0.15) is 27.9 Å². The highest BCUT2D eigenvalue weighted by atomic mass is 32.2. The zero-order valence-corrected chi connectivity index (χ0v) is 21.6. The van der Waals surface area contributed by atoms with Crippen LogP contribution >= 0.6 is 11.8 Å². The molecule has 0 aliphatic carbocycles. The van der Waals surface area contributed by atoms with Crippen LogP contribution in [0.25, 0.3) is 0 Å². The third-order valence-corrected chi connectivity index (χ3v) is 7.29. The number of rotatable bonds is 8. The van der Waals surface area contributed by atoms with Gasteiger partial charge in [-0.1, -0.05) is 41.6 Å².